The predicted octanol–water partition coefficient (Wildman–Crippen LogP) is 1.72. The first-order valence-electron chi connectivity index (χ1n) is 6.16. The third-order valence-electron chi connectivity index (χ3n) is 2.91. The molecule has 0 aromatic carbocycles. The van der Waals surface area contributed by atoms with E-state index in [4.69, 9.17) is 4.74 Å². The van der Waals surface area contributed by atoms with Crippen LogP contribution in [0.15, 0.2) is 0 Å². The van der Waals surface area contributed by atoms with Crippen molar-refractivity contribution in [3.63, 3.8) is 0 Å². The van der Waals surface area contributed by atoms with Gasteiger partial charge in [-0.15, -0.1) is 0 Å². The van der Waals surface area contributed by atoms with Crippen LogP contribution < -0.4 is 0 Å². The van der Waals surface area contributed by atoms with Gasteiger partial charge >= 0.3 is 12.1 Å². The van der Waals surface area contributed by atoms with E-state index < -0.39 is 29.9 Å². The minimum atomic E-state index is -4.63. The fourth-order valence-corrected chi connectivity index (χ4v) is 1.94. The van der Waals surface area contributed by atoms with E-state index in [-0.39, 0.29) is 25.9 Å². The molecule has 19 heavy (non-hydrogen) atoms. The number of alkyl halides is 3. The first kappa shape index (κ1) is 16.2. The maximum absolute atomic E-state index is 12.6. The molecule has 1 aliphatic heterocycles. The topological polar surface area (TPSA) is 49.8 Å². The Morgan fingerprint density at radius 2 is 1.95 bits per heavy atom. The van der Waals surface area contributed by atoms with Crippen molar-refractivity contribution in [1.82, 2.24) is 4.90 Å². The van der Waals surface area contributed by atoms with E-state index in [1.54, 1.807) is 20.8 Å². The summed E-state index contributed by atoms with van der Waals surface area (Å²) in [5.41, 5.74) is -3.25. The Kier molecular flexibility index (Phi) is 4.51. The molecule has 1 heterocycles. The molecule has 0 amide bonds. The number of hydrogen-bond acceptors (Lipinski definition) is 4. The van der Waals surface area contributed by atoms with Crippen LogP contribution in [0.4, 0.5) is 13.2 Å². The SMILES string of the molecule is CC(C)(C)OC(=O)CCN1CCC(O)(C(F)(F)F)C1. The zero-order valence-electron chi connectivity index (χ0n) is 11.4. The Morgan fingerprint density at radius 1 is 1.37 bits per heavy atom. The van der Waals surface area contributed by atoms with Crippen molar-refractivity contribution >= 4 is 5.97 Å². The summed E-state index contributed by atoms with van der Waals surface area (Å²) in [5, 5.41) is 9.47. The highest BCUT2D eigenvalue weighted by Gasteiger charge is 2.56. The number of esters is 1. The summed E-state index contributed by atoms with van der Waals surface area (Å²) in [6.07, 6.45) is -4.97. The maximum Gasteiger partial charge on any atom is 0.418 e. The van der Waals surface area contributed by atoms with Gasteiger partial charge in [0.2, 0.25) is 0 Å². The quantitative estimate of drug-likeness (QED) is 0.801. The lowest BCUT2D eigenvalue weighted by atomic mass is 10.0. The van der Waals surface area contributed by atoms with E-state index in [2.05, 4.69) is 0 Å². The number of ether oxygens (including phenoxy) is 1. The fourth-order valence-electron chi connectivity index (χ4n) is 1.94. The van der Waals surface area contributed by atoms with E-state index in [1.165, 1.54) is 4.90 Å². The van der Waals surface area contributed by atoms with Gasteiger partial charge in [0.15, 0.2) is 5.60 Å². The van der Waals surface area contributed by atoms with Crippen LogP contribution >= 0.6 is 0 Å². The van der Waals surface area contributed by atoms with Crippen LogP contribution in [0.5, 0.6) is 0 Å². The van der Waals surface area contributed by atoms with Gasteiger partial charge in [0.1, 0.15) is 5.60 Å². The standard InChI is InChI=1S/C12H20F3NO3/c1-10(2,3)19-9(17)4-6-16-7-5-11(18,8-16)12(13,14)15/h18H,4-8H2,1-3H3. The number of carbonyl (C=O) groups is 1. The zero-order valence-corrected chi connectivity index (χ0v) is 11.4. The number of aliphatic hydroxyl groups is 1. The molecule has 0 saturated carbocycles. The minimum absolute atomic E-state index is 0.0191. The summed E-state index contributed by atoms with van der Waals surface area (Å²) in [7, 11) is 0. The Hall–Kier alpha value is -0.820. The Bertz CT molecular complexity index is 338. The number of hydrogen-bond donors (Lipinski definition) is 1. The van der Waals surface area contributed by atoms with E-state index >= 15 is 0 Å². The van der Waals surface area contributed by atoms with Crippen molar-refractivity contribution in [2.75, 3.05) is 19.6 Å². The van der Waals surface area contributed by atoms with E-state index in [0.29, 0.717) is 0 Å². The van der Waals surface area contributed by atoms with Crippen molar-refractivity contribution in [1.29, 1.82) is 0 Å². The molecule has 1 unspecified atom stereocenters. The second kappa shape index (κ2) is 5.28. The van der Waals surface area contributed by atoms with Gasteiger partial charge in [0.05, 0.1) is 6.42 Å². The van der Waals surface area contributed by atoms with Gasteiger partial charge in [-0.25, -0.2) is 0 Å². The molecule has 1 saturated heterocycles. The van der Waals surface area contributed by atoms with E-state index in [0.717, 1.165) is 0 Å². The van der Waals surface area contributed by atoms with Crippen LogP contribution in [0.3, 0.4) is 0 Å². The highest BCUT2D eigenvalue weighted by Crippen LogP contribution is 2.37. The average molecular weight is 283 g/mol. The van der Waals surface area contributed by atoms with Gasteiger partial charge < -0.3 is 9.84 Å². The van der Waals surface area contributed by atoms with Crippen molar-refractivity contribution in [3.05, 3.63) is 0 Å². The van der Waals surface area contributed by atoms with E-state index in [1.807, 2.05) is 0 Å². The first-order valence-corrected chi connectivity index (χ1v) is 6.16. The predicted molar refractivity (Wildman–Crippen MR) is 62.5 cm³/mol. The van der Waals surface area contributed by atoms with Gasteiger partial charge in [-0.3, -0.25) is 9.69 Å². The molecule has 0 aliphatic carbocycles. The lowest BCUT2D eigenvalue weighted by molar-refractivity contribution is -0.253. The Labute approximate surface area is 110 Å². The number of nitrogens with zero attached hydrogens (tertiary/aromatic N) is 1. The van der Waals surface area contributed by atoms with Crippen molar-refractivity contribution in [2.24, 2.45) is 0 Å². The van der Waals surface area contributed by atoms with Crippen molar-refractivity contribution in [2.45, 2.75) is 51.0 Å². The number of rotatable bonds is 3. The molecule has 1 rings (SSSR count). The summed E-state index contributed by atoms with van der Waals surface area (Å²) in [6.45, 7) is 4.97. The highest BCUT2D eigenvalue weighted by atomic mass is 19.4. The fraction of sp³-hybridized carbons (Fsp3) is 0.917. The lowest BCUT2D eigenvalue weighted by Gasteiger charge is -2.26. The Balaban J connectivity index is 2.40. The van der Waals surface area contributed by atoms with Crippen LogP contribution in [0, 0.1) is 0 Å². The third kappa shape index (κ3) is 4.65. The van der Waals surface area contributed by atoms with Gasteiger partial charge in [-0.2, -0.15) is 13.2 Å². The largest absolute Gasteiger partial charge is 0.460 e. The molecule has 112 valence electrons. The second-order valence-electron chi connectivity index (χ2n) is 5.89. The molecule has 0 spiro atoms. The molecule has 0 bridgehead atoms. The molecule has 1 atom stereocenters. The lowest BCUT2D eigenvalue weighted by Crippen LogP contribution is -2.47. The highest BCUT2D eigenvalue weighted by molar-refractivity contribution is 5.70. The van der Waals surface area contributed by atoms with Gasteiger partial charge in [0, 0.05) is 19.6 Å². The molecule has 1 N–H and O–H groups in total. The Morgan fingerprint density at radius 3 is 2.37 bits per heavy atom. The molecule has 1 aliphatic rings. The number of β-amino-alcohol motifs (C(OH)–C–C–N with tert-alkyl or cyclic N) is 1. The summed E-state index contributed by atoms with van der Waals surface area (Å²) >= 11 is 0. The van der Waals surface area contributed by atoms with Gasteiger partial charge in [-0.1, -0.05) is 0 Å². The normalized spacial score (nSPS) is 25.6. The zero-order chi connectivity index (χ0) is 14.9. The summed E-state index contributed by atoms with van der Waals surface area (Å²) in [5.74, 6) is -0.449. The molecule has 7 heteroatoms. The van der Waals surface area contributed by atoms with Crippen LogP contribution in [0.1, 0.15) is 33.6 Å². The van der Waals surface area contributed by atoms with Gasteiger partial charge in [-0.05, 0) is 27.2 Å². The molecule has 1 fully saturated rings. The average Bonchev–Trinajstić information content (AvgIpc) is 2.55. The summed E-state index contributed by atoms with van der Waals surface area (Å²) in [6, 6.07) is 0. The molecule has 0 aromatic heterocycles. The molecular formula is C12H20F3NO3. The third-order valence-corrected chi connectivity index (χ3v) is 2.91. The number of carbonyl (C=O) groups excluding carboxylic acids is 1. The second-order valence-corrected chi connectivity index (χ2v) is 5.89. The molecular weight excluding hydrogens is 263 g/mol. The van der Waals surface area contributed by atoms with Crippen LogP contribution in [0.25, 0.3) is 0 Å². The minimum Gasteiger partial charge on any atom is -0.460 e. The van der Waals surface area contributed by atoms with Crippen molar-refractivity contribution < 1.29 is 27.8 Å². The summed E-state index contributed by atoms with van der Waals surface area (Å²) in [4.78, 5) is 12.9. The summed E-state index contributed by atoms with van der Waals surface area (Å²) < 4.78 is 42.8. The van der Waals surface area contributed by atoms with Crippen LogP contribution in [-0.4, -0.2) is 53.0 Å². The van der Waals surface area contributed by atoms with Crippen molar-refractivity contribution in [3.8, 4) is 0 Å². The number of halogens is 3. The molecule has 0 aromatic rings. The van der Waals surface area contributed by atoms with Crippen LogP contribution in [-0.2, 0) is 9.53 Å². The molecule has 0 radical (unpaired) electrons. The first-order chi connectivity index (χ1) is 8.43. The monoisotopic (exact) mass is 283 g/mol. The van der Waals surface area contributed by atoms with E-state index in [9.17, 15) is 23.1 Å². The number of likely N-dealkylation sites (tertiary alicyclic amines) is 1. The maximum atomic E-state index is 12.6. The smallest absolute Gasteiger partial charge is 0.418 e. The van der Waals surface area contributed by atoms with Gasteiger partial charge in [0.25, 0.3) is 0 Å². The molecule has 4 nitrogen and oxygen atoms in total. The van der Waals surface area contributed by atoms with Crippen LogP contribution in [0.2, 0.25) is 0 Å².